The van der Waals surface area contributed by atoms with Gasteiger partial charge in [-0.05, 0) is 41.0 Å². The van der Waals surface area contributed by atoms with Crippen LogP contribution < -0.4 is 0 Å². The molecule has 0 bridgehead atoms. The Hall–Kier alpha value is -2.12. The molecule has 3 rings (SSSR count). The maximum atomic E-state index is 12.1. The van der Waals surface area contributed by atoms with Crippen molar-refractivity contribution in [2.75, 3.05) is 0 Å². The summed E-state index contributed by atoms with van der Waals surface area (Å²) in [6.45, 7) is 1.63. The molecule has 0 N–H and O–H groups in total. The van der Waals surface area contributed by atoms with Crippen molar-refractivity contribution in [2.45, 2.75) is 12.8 Å². The van der Waals surface area contributed by atoms with Gasteiger partial charge in [-0.2, -0.15) is 0 Å². The van der Waals surface area contributed by atoms with E-state index in [9.17, 15) is 4.79 Å². The summed E-state index contributed by atoms with van der Waals surface area (Å²) in [4.78, 5) is 12.1. The van der Waals surface area contributed by atoms with E-state index in [-0.39, 0.29) is 11.7 Å². The van der Waals surface area contributed by atoms with Crippen LogP contribution >= 0.6 is 11.6 Å². The molecular weight excluding hydrogens is 280 g/mol. The fourth-order valence-electron chi connectivity index (χ4n) is 2.70. The molecule has 2 heteroatoms. The van der Waals surface area contributed by atoms with Crippen molar-refractivity contribution in [1.29, 1.82) is 0 Å². The molecular formula is C19H15ClO. The molecule has 0 aliphatic rings. The highest BCUT2D eigenvalue weighted by Crippen LogP contribution is 2.29. The van der Waals surface area contributed by atoms with Crippen molar-refractivity contribution < 1.29 is 4.79 Å². The largest absolute Gasteiger partial charge is 0.299 e. The van der Waals surface area contributed by atoms with Gasteiger partial charge in [0.1, 0.15) is 5.78 Å². The molecule has 0 spiro atoms. The second-order valence-electron chi connectivity index (χ2n) is 5.20. The van der Waals surface area contributed by atoms with Crippen LogP contribution in [0.25, 0.3) is 10.8 Å². The first-order valence-electron chi connectivity index (χ1n) is 6.90. The number of fused-ring (bicyclic) bond motifs is 1. The van der Waals surface area contributed by atoms with E-state index in [0.29, 0.717) is 5.02 Å². The predicted molar refractivity (Wildman–Crippen MR) is 87.9 cm³/mol. The Morgan fingerprint density at radius 3 is 2.14 bits per heavy atom. The molecule has 0 aromatic heterocycles. The number of carbonyl (C=O) groups is 1. The van der Waals surface area contributed by atoms with Crippen LogP contribution in [0.3, 0.4) is 0 Å². The molecule has 0 amide bonds. The van der Waals surface area contributed by atoms with Crippen LogP contribution in [0.4, 0.5) is 0 Å². The fraction of sp³-hybridized carbons (Fsp3) is 0.105. The zero-order chi connectivity index (χ0) is 14.8. The third-order valence-corrected chi connectivity index (χ3v) is 3.97. The van der Waals surface area contributed by atoms with Crippen LogP contribution in [0.15, 0.2) is 66.7 Å². The first-order chi connectivity index (χ1) is 10.1. The number of rotatable bonds is 3. The van der Waals surface area contributed by atoms with Crippen molar-refractivity contribution in [1.82, 2.24) is 0 Å². The van der Waals surface area contributed by atoms with Crippen molar-refractivity contribution in [3.63, 3.8) is 0 Å². The Morgan fingerprint density at radius 1 is 0.857 bits per heavy atom. The number of halogens is 1. The van der Waals surface area contributed by atoms with Gasteiger partial charge >= 0.3 is 0 Å². The van der Waals surface area contributed by atoms with E-state index in [1.54, 1.807) is 6.92 Å². The van der Waals surface area contributed by atoms with E-state index in [1.807, 2.05) is 42.5 Å². The van der Waals surface area contributed by atoms with E-state index in [1.165, 1.54) is 5.39 Å². The van der Waals surface area contributed by atoms with Crippen molar-refractivity contribution in [3.8, 4) is 0 Å². The summed E-state index contributed by atoms with van der Waals surface area (Å²) in [5, 5.41) is 3.01. The number of benzene rings is 3. The van der Waals surface area contributed by atoms with Crippen LogP contribution in [-0.4, -0.2) is 5.78 Å². The van der Waals surface area contributed by atoms with E-state index in [4.69, 9.17) is 11.6 Å². The van der Waals surface area contributed by atoms with Crippen LogP contribution in [0.1, 0.15) is 24.0 Å². The van der Waals surface area contributed by atoms with Crippen LogP contribution in [0.2, 0.25) is 5.02 Å². The van der Waals surface area contributed by atoms with E-state index in [2.05, 4.69) is 24.3 Å². The lowest BCUT2D eigenvalue weighted by Gasteiger charge is -2.15. The number of hydrogen-bond donors (Lipinski definition) is 0. The van der Waals surface area contributed by atoms with Crippen LogP contribution in [0.5, 0.6) is 0 Å². The van der Waals surface area contributed by atoms with E-state index in [0.717, 1.165) is 16.5 Å². The number of ketones is 1. The molecule has 1 atom stereocenters. The maximum Gasteiger partial charge on any atom is 0.141 e. The molecule has 1 unspecified atom stereocenters. The SMILES string of the molecule is CC(=O)C(c1ccc(Cl)cc1)c1ccc2ccccc2c1. The Labute approximate surface area is 129 Å². The Morgan fingerprint density at radius 2 is 1.48 bits per heavy atom. The summed E-state index contributed by atoms with van der Waals surface area (Å²) >= 11 is 5.94. The maximum absolute atomic E-state index is 12.1. The molecule has 0 saturated heterocycles. The molecule has 1 nitrogen and oxygen atoms in total. The molecule has 0 fully saturated rings. The molecule has 0 aliphatic carbocycles. The van der Waals surface area contributed by atoms with Gasteiger partial charge in [-0.15, -0.1) is 0 Å². The van der Waals surface area contributed by atoms with Gasteiger partial charge < -0.3 is 0 Å². The first kappa shape index (κ1) is 13.8. The highest BCUT2D eigenvalue weighted by molar-refractivity contribution is 6.30. The Bertz CT molecular complexity index is 790. The summed E-state index contributed by atoms with van der Waals surface area (Å²) in [6.07, 6.45) is 0. The van der Waals surface area contributed by atoms with Gasteiger partial charge in [0, 0.05) is 5.02 Å². The summed E-state index contributed by atoms with van der Waals surface area (Å²) in [5.74, 6) is -0.112. The lowest BCUT2D eigenvalue weighted by Crippen LogP contribution is -2.10. The van der Waals surface area contributed by atoms with Crippen molar-refractivity contribution in [2.24, 2.45) is 0 Å². The van der Waals surface area contributed by atoms with Gasteiger partial charge in [-0.25, -0.2) is 0 Å². The molecule has 21 heavy (non-hydrogen) atoms. The zero-order valence-electron chi connectivity index (χ0n) is 11.7. The van der Waals surface area contributed by atoms with Gasteiger partial charge in [0.15, 0.2) is 0 Å². The van der Waals surface area contributed by atoms with Crippen LogP contribution in [-0.2, 0) is 4.79 Å². The second-order valence-corrected chi connectivity index (χ2v) is 5.64. The Balaban J connectivity index is 2.11. The fourth-order valence-corrected chi connectivity index (χ4v) is 2.83. The highest BCUT2D eigenvalue weighted by atomic mass is 35.5. The van der Waals surface area contributed by atoms with Gasteiger partial charge in [0.25, 0.3) is 0 Å². The minimum Gasteiger partial charge on any atom is -0.299 e. The summed E-state index contributed by atoms with van der Waals surface area (Å²) in [5.41, 5.74) is 1.99. The molecule has 3 aromatic rings. The molecule has 0 aliphatic heterocycles. The average molecular weight is 295 g/mol. The summed E-state index contributed by atoms with van der Waals surface area (Å²) in [6, 6.07) is 21.9. The average Bonchev–Trinajstić information content (AvgIpc) is 2.49. The normalized spacial score (nSPS) is 12.3. The lowest BCUT2D eigenvalue weighted by atomic mass is 9.87. The summed E-state index contributed by atoms with van der Waals surface area (Å²) in [7, 11) is 0. The standard InChI is InChI=1S/C19H15ClO/c1-13(21)19(15-8-10-18(20)11-9-15)17-7-6-14-4-2-3-5-16(14)12-17/h2-12,19H,1H3. The zero-order valence-corrected chi connectivity index (χ0v) is 12.5. The van der Waals surface area contributed by atoms with Gasteiger partial charge in [-0.3, -0.25) is 4.79 Å². The van der Waals surface area contributed by atoms with Crippen molar-refractivity contribution >= 4 is 28.2 Å². The Kier molecular flexibility index (Phi) is 3.76. The van der Waals surface area contributed by atoms with Crippen LogP contribution in [0, 0.1) is 0 Å². The third-order valence-electron chi connectivity index (χ3n) is 3.72. The minimum absolute atomic E-state index is 0.132. The topological polar surface area (TPSA) is 17.1 Å². The number of hydrogen-bond acceptors (Lipinski definition) is 1. The molecule has 0 heterocycles. The highest BCUT2D eigenvalue weighted by Gasteiger charge is 2.19. The van der Waals surface area contributed by atoms with Crippen molar-refractivity contribution in [3.05, 3.63) is 82.9 Å². The molecule has 3 aromatic carbocycles. The van der Waals surface area contributed by atoms with E-state index >= 15 is 0 Å². The molecule has 104 valence electrons. The summed E-state index contributed by atoms with van der Waals surface area (Å²) < 4.78 is 0. The quantitative estimate of drug-likeness (QED) is 0.648. The lowest BCUT2D eigenvalue weighted by molar-refractivity contribution is -0.117. The number of Topliss-reactive ketones (excluding diaryl/α,β-unsaturated/α-hetero) is 1. The third kappa shape index (κ3) is 2.84. The minimum atomic E-state index is -0.244. The van der Waals surface area contributed by atoms with Gasteiger partial charge in [-0.1, -0.05) is 66.2 Å². The van der Waals surface area contributed by atoms with E-state index < -0.39 is 0 Å². The molecule has 0 saturated carbocycles. The number of carbonyl (C=O) groups excluding carboxylic acids is 1. The molecule has 0 radical (unpaired) electrons. The monoisotopic (exact) mass is 294 g/mol. The smallest absolute Gasteiger partial charge is 0.141 e. The second kappa shape index (κ2) is 5.71. The first-order valence-corrected chi connectivity index (χ1v) is 7.27. The van der Waals surface area contributed by atoms with Gasteiger partial charge in [0.2, 0.25) is 0 Å². The predicted octanol–water partition coefficient (Wildman–Crippen LogP) is 5.21. The van der Waals surface area contributed by atoms with Gasteiger partial charge in [0.05, 0.1) is 5.92 Å².